The standard InChI is InChI=1S/C23H23N7O4/c1-29(10-11-31)19-13-21(34-2)17(12-20(19)30(32)33)28-23-24-9-8-16(27-23)22-25-14-18(26-22)15-6-4-3-5-7-15/h3-9,12-14,31H,10-11H2,1-2H3,(H,25,26)(H,24,27,28). The maximum absolute atomic E-state index is 11.7. The fourth-order valence-corrected chi connectivity index (χ4v) is 3.43. The number of aliphatic hydroxyl groups excluding tert-OH is 1. The molecule has 2 aromatic carbocycles. The third kappa shape index (κ3) is 4.79. The first-order valence-corrected chi connectivity index (χ1v) is 10.4. The molecule has 0 aliphatic rings. The molecule has 0 amide bonds. The number of hydrogen-bond acceptors (Lipinski definition) is 9. The molecule has 0 bridgehead atoms. The Morgan fingerprint density at radius 1 is 1.21 bits per heavy atom. The highest BCUT2D eigenvalue weighted by molar-refractivity contribution is 5.77. The van der Waals surface area contributed by atoms with Gasteiger partial charge in [-0.3, -0.25) is 10.1 Å². The van der Waals surface area contributed by atoms with E-state index in [4.69, 9.17) is 4.74 Å². The molecule has 0 aliphatic heterocycles. The number of H-pyrrole nitrogens is 1. The second kappa shape index (κ2) is 9.96. The molecule has 34 heavy (non-hydrogen) atoms. The van der Waals surface area contributed by atoms with Gasteiger partial charge in [-0.15, -0.1) is 0 Å². The van der Waals surface area contributed by atoms with E-state index in [0.717, 1.165) is 11.3 Å². The normalized spacial score (nSPS) is 10.7. The lowest BCUT2D eigenvalue weighted by Gasteiger charge is -2.20. The van der Waals surface area contributed by atoms with Gasteiger partial charge in [-0.2, -0.15) is 0 Å². The van der Waals surface area contributed by atoms with Crippen molar-refractivity contribution in [1.29, 1.82) is 0 Å². The van der Waals surface area contributed by atoms with E-state index >= 15 is 0 Å². The summed E-state index contributed by atoms with van der Waals surface area (Å²) in [6, 6.07) is 14.4. The van der Waals surface area contributed by atoms with Crippen LogP contribution >= 0.6 is 0 Å². The summed E-state index contributed by atoms with van der Waals surface area (Å²) in [4.78, 5) is 29.2. The van der Waals surface area contributed by atoms with Crippen LogP contribution in [0.2, 0.25) is 0 Å². The van der Waals surface area contributed by atoms with Gasteiger partial charge in [0, 0.05) is 31.9 Å². The monoisotopic (exact) mass is 461 g/mol. The zero-order chi connectivity index (χ0) is 24.1. The minimum absolute atomic E-state index is 0.143. The molecule has 174 valence electrons. The largest absolute Gasteiger partial charge is 0.494 e. The average Bonchev–Trinajstić information content (AvgIpc) is 3.35. The van der Waals surface area contributed by atoms with Gasteiger partial charge in [0.05, 0.1) is 36.2 Å². The van der Waals surface area contributed by atoms with Crippen molar-refractivity contribution in [1.82, 2.24) is 19.9 Å². The SMILES string of the molecule is COc1cc(N(C)CCO)c([N+](=O)[O-])cc1Nc1nccc(-c2ncc(-c3ccccc3)[nH]2)n1. The van der Waals surface area contributed by atoms with E-state index in [1.165, 1.54) is 13.2 Å². The molecule has 0 saturated carbocycles. The summed E-state index contributed by atoms with van der Waals surface area (Å²) in [5, 5.41) is 23.9. The first kappa shape index (κ1) is 22.7. The first-order chi connectivity index (χ1) is 16.5. The summed E-state index contributed by atoms with van der Waals surface area (Å²) in [5.41, 5.74) is 2.90. The summed E-state index contributed by atoms with van der Waals surface area (Å²) in [6.45, 7) is 0.0887. The zero-order valence-corrected chi connectivity index (χ0v) is 18.6. The van der Waals surface area contributed by atoms with Gasteiger partial charge in [-0.1, -0.05) is 30.3 Å². The molecule has 4 rings (SSSR count). The van der Waals surface area contributed by atoms with E-state index in [1.807, 2.05) is 30.3 Å². The number of nitrogens with one attached hydrogen (secondary N) is 2. The third-order valence-corrected chi connectivity index (χ3v) is 5.15. The Kier molecular flexibility index (Phi) is 6.64. The number of nitrogens with zero attached hydrogens (tertiary/aromatic N) is 5. The van der Waals surface area contributed by atoms with Crippen molar-refractivity contribution >= 4 is 23.0 Å². The van der Waals surface area contributed by atoms with Crippen molar-refractivity contribution in [3.8, 4) is 28.5 Å². The number of nitro benzene ring substituents is 1. The van der Waals surface area contributed by atoms with Crippen molar-refractivity contribution in [2.75, 3.05) is 37.5 Å². The Morgan fingerprint density at radius 3 is 2.71 bits per heavy atom. The highest BCUT2D eigenvalue weighted by Crippen LogP contribution is 2.38. The molecule has 4 aromatic rings. The van der Waals surface area contributed by atoms with Crippen LogP contribution in [0.5, 0.6) is 5.75 Å². The molecule has 11 heteroatoms. The molecular weight excluding hydrogens is 438 g/mol. The fourth-order valence-electron chi connectivity index (χ4n) is 3.43. The van der Waals surface area contributed by atoms with Crippen molar-refractivity contribution in [3.05, 3.63) is 71.0 Å². The van der Waals surface area contributed by atoms with Crippen LogP contribution in [0.3, 0.4) is 0 Å². The second-order valence-corrected chi connectivity index (χ2v) is 7.35. The smallest absolute Gasteiger partial charge is 0.294 e. The van der Waals surface area contributed by atoms with Crippen molar-refractivity contribution in [2.24, 2.45) is 0 Å². The Balaban J connectivity index is 1.65. The molecule has 0 saturated heterocycles. The third-order valence-electron chi connectivity index (χ3n) is 5.15. The summed E-state index contributed by atoms with van der Waals surface area (Å²) in [7, 11) is 3.12. The summed E-state index contributed by atoms with van der Waals surface area (Å²) >= 11 is 0. The maximum Gasteiger partial charge on any atom is 0.294 e. The number of aliphatic hydroxyl groups is 1. The second-order valence-electron chi connectivity index (χ2n) is 7.35. The number of aromatic amines is 1. The molecule has 0 radical (unpaired) electrons. The van der Waals surface area contributed by atoms with Gasteiger partial charge in [0.25, 0.3) is 5.69 Å². The predicted molar refractivity (Wildman–Crippen MR) is 128 cm³/mol. The Bertz CT molecular complexity index is 1290. The number of aromatic nitrogens is 4. The number of imidazole rings is 1. The summed E-state index contributed by atoms with van der Waals surface area (Å²) in [5.74, 6) is 1.14. The van der Waals surface area contributed by atoms with Crippen LogP contribution in [-0.4, -0.2) is 57.3 Å². The minimum atomic E-state index is -0.487. The molecule has 11 nitrogen and oxygen atoms in total. The molecule has 0 spiro atoms. The van der Waals surface area contributed by atoms with Gasteiger partial charge in [0.15, 0.2) is 5.82 Å². The molecular formula is C23H23N7O4. The maximum atomic E-state index is 11.7. The molecule has 2 aromatic heterocycles. The van der Waals surface area contributed by atoms with Gasteiger partial charge in [0.1, 0.15) is 17.1 Å². The predicted octanol–water partition coefficient (Wildman–Crippen LogP) is 3.62. The number of hydrogen-bond donors (Lipinski definition) is 3. The van der Waals surface area contributed by atoms with Crippen molar-refractivity contribution in [3.63, 3.8) is 0 Å². The van der Waals surface area contributed by atoms with Crippen molar-refractivity contribution in [2.45, 2.75) is 0 Å². The molecule has 0 atom stereocenters. The van der Waals surface area contributed by atoms with E-state index in [2.05, 4.69) is 25.3 Å². The highest BCUT2D eigenvalue weighted by Gasteiger charge is 2.22. The Hall–Kier alpha value is -4.51. The average molecular weight is 461 g/mol. The number of anilines is 3. The van der Waals surface area contributed by atoms with E-state index in [0.29, 0.717) is 28.6 Å². The topological polar surface area (TPSA) is 142 Å². The highest BCUT2D eigenvalue weighted by atomic mass is 16.6. The Morgan fingerprint density at radius 2 is 2.00 bits per heavy atom. The molecule has 0 aliphatic carbocycles. The van der Waals surface area contributed by atoms with Gasteiger partial charge in [0.2, 0.25) is 5.95 Å². The van der Waals surface area contributed by atoms with E-state index in [-0.39, 0.29) is 24.8 Å². The van der Waals surface area contributed by atoms with Crippen LogP contribution in [-0.2, 0) is 0 Å². The molecule has 2 heterocycles. The van der Waals surface area contributed by atoms with E-state index in [1.54, 1.807) is 36.5 Å². The quantitative estimate of drug-likeness (QED) is 0.251. The first-order valence-electron chi connectivity index (χ1n) is 10.4. The lowest BCUT2D eigenvalue weighted by atomic mass is 10.2. The van der Waals surface area contributed by atoms with Gasteiger partial charge in [-0.05, 0) is 11.6 Å². The number of rotatable bonds is 9. The van der Waals surface area contributed by atoms with Gasteiger partial charge in [-0.25, -0.2) is 15.0 Å². The van der Waals surface area contributed by atoms with Gasteiger partial charge >= 0.3 is 0 Å². The number of benzene rings is 2. The van der Waals surface area contributed by atoms with E-state index < -0.39 is 4.92 Å². The zero-order valence-electron chi connectivity index (χ0n) is 18.6. The summed E-state index contributed by atoms with van der Waals surface area (Å²) in [6.07, 6.45) is 3.30. The van der Waals surface area contributed by atoms with Crippen LogP contribution < -0.4 is 15.0 Å². The number of methoxy groups -OCH3 is 1. The number of likely N-dealkylation sites (N-methyl/N-ethyl adjacent to an activating group) is 1. The number of ether oxygens (including phenoxy) is 1. The van der Waals surface area contributed by atoms with E-state index in [9.17, 15) is 15.2 Å². The fraction of sp³-hybridized carbons (Fsp3) is 0.174. The lowest BCUT2D eigenvalue weighted by molar-refractivity contribution is -0.384. The molecule has 0 fully saturated rings. The van der Waals surface area contributed by atoms with Crippen LogP contribution in [0, 0.1) is 10.1 Å². The van der Waals surface area contributed by atoms with Crippen LogP contribution in [0.4, 0.5) is 23.0 Å². The minimum Gasteiger partial charge on any atom is -0.494 e. The molecule has 0 unspecified atom stereocenters. The van der Waals surface area contributed by atoms with Crippen LogP contribution in [0.1, 0.15) is 0 Å². The summed E-state index contributed by atoms with van der Waals surface area (Å²) < 4.78 is 5.44. The van der Waals surface area contributed by atoms with Crippen LogP contribution in [0.25, 0.3) is 22.8 Å². The number of nitro groups is 1. The van der Waals surface area contributed by atoms with Gasteiger partial charge < -0.3 is 25.0 Å². The lowest BCUT2D eigenvalue weighted by Crippen LogP contribution is -2.22. The Labute approximate surface area is 195 Å². The van der Waals surface area contributed by atoms with Crippen LogP contribution in [0.15, 0.2) is 60.9 Å². The molecule has 3 N–H and O–H groups in total. The van der Waals surface area contributed by atoms with Crippen molar-refractivity contribution < 1.29 is 14.8 Å².